The summed E-state index contributed by atoms with van der Waals surface area (Å²) in [4.78, 5) is 119. The molecule has 0 radical (unpaired) electrons. The average molecular weight is 913 g/mol. The molecule has 7 unspecified atom stereocenters. The van der Waals surface area contributed by atoms with Gasteiger partial charge in [-0.1, -0.05) is 76.2 Å². The second kappa shape index (κ2) is 23.2. The van der Waals surface area contributed by atoms with Crippen molar-refractivity contribution >= 4 is 58.3 Å². The van der Waals surface area contributed by atoms with Gasteiger partial charge in [0.05, 0.1) is 18.8 Å². The topological polar surface area (TPSA) is 311 Å². The minimum atomic E-state index is -1.74. The summed E-state index contributed by atoms with van der Waals surface area (Å²) in [6.07, 6.45) is 4.35. The Morgan fingerprint density at radius 2 is 1.41 bits per heavy atom. The van der Waals surface area contributed by atoms with E-state index in [9.17, 15) is 48.6 Å². The van der Waals surface area contributed by atoms with Gasteiger partial charge in [0, 0.05) is 48.4 Å². The molecule has 6 amide bonds. The summed E-state index contributed by atoms with van der Waals surface area (Å²) in [6.45, 7) is 7.07. The van der Waals surface area contributed by atoms with Gasteiger partial charge in [0.1, 0.15) is 36.3 Å². The Hall–Kier alpha value is -7.09. The minimum absolute atomic E-state index is 0.0824. The van der Waals surface area contributed by atoms with Gasteiger partial charge in [-0.05, 0) is 54.7 Å². The first-order chi connectivity index (χ1) is 31.4. The molecule has 1 aliphatic heterocycles. The molecule has 7 atom stereocenters. The number of carbonyl (C=O) groups is 8. The number of H-pyrrole nitrogens is 2. The van der Waals surface area contributed by atoms with Crippen molar-refractivity contribution in [2.45, 2.75) is 115 Å². The van der Waals surface area contributed by atoms with Crippen molar-refractivity contribution < 1.29 is 48.6 Å². The molecule has 1 saturated heterocycles. The second-order valence-corrected chi connectivity index (χ2v) is 17.4. The van der Waals surface area contributed by atoms with Gasteiger partial charge < -0.3 is 57.4 Å². The lowest BCUT2D eigenvalue weighted by Crippen LogP contribution is -2.60. The third-order valence-corrected chi connectivity index (χ3v) is 11.4. The number of nitrogens with one attached hydrogen (secondary N) is 7. The number of fused-ring (bicyclic) bond motifs is 1. The number of aromatic nitrogens is 3. The van der Waals surface area contributed by atoms with Gasteiger partial charge in [0.15, 0.2) is 0 Å². The maximum absolute atomic E-state index is 14.5. The summed E-state index contributed by atoms with van der Waals surface area (Å²) in [7, 11) is 0. The van der Waals surface area contributed by atoms with Crippen molar-refractivity contribution in [1.29, 1.82) is 0 Å². The number of likely N-dealkylation sites (tertiary alicyclic amines) is 1. The Kier molecular flexibility index (Phi) is 17.5. The molecule has 20 nitrogen and oxygen atoms in total. The Labute approximate surface area is 381 Å². The van der Waals surface area contributed by atoms with E-state index in [1.807, 2.05) is 38.1 Å². The van der Waals surface area contributed by atoms with Crippen LogP contribution in [0.3, 0.4) is 0 Å². The molecule has 2 aromatic carbocycles. The van der Waals surface area contributed by atoms with E-state index in [4.69, 9.17) is 5.73 Å². The predicted octanol–water partition coefficient (Wildman–Crippen LogP) is 0.923. The van der Waals surface area contributed by atoms with E-state index in [1.54, 1.807) is 50.4 Å². The third-order valence-electron chi connectivity index (χ3n) is 11.4. The van der Waals surface area contributed by atoms with Crippen LogP contribution in [-0.4, -0.2) is 126 Å². The number of para-hydroxylation sites is 1. The van der Waals surface area contributed by atoms with Crippen LogP contribution in [-0.2, 0) is 57.6 Å². The Bertz CT molecular complexity index is 2330. The van der Waals surface area contributed by atoms with E-state index in [2.05, 4.69) is 41.5 Å². The summed E-state index contributed by atoms with van der Waals surface area (Å²) in [6, 6.07) is 7.19. The van der Waals surface area contributed by atoms with Gasteiger partial charge in [0.2, 0.25) is 35.4 Å². The fourth-order valence-corrected chi connectivity index (χ4v) is 7.95. The molecule has 0 spiro atoms. The molecule has 0 aliphatic carbocycles. The van der Waals surface area contributed by atoms with Crippen LogP contribution in [0.15, 0.2) is 73.3 Å². The molecule has 4 aromatic rings. The van der Waals surface area contributed by atoms with Crippen molar-refractivity contribution in [3.8, 4) is 0 Å². The number of carboxylic acid groups (broad SMARTS) is 2. The smallest absolute Gasteiger partial charge is 0.326 e. The molecule has 1 fully saturated rings. The average Bonchev–Trinajstić information content (AvgIpc) is 4.06. The molecule has 20 heteroatoms. The quantitative estimate of drug-likeness (QED) is 0.0497. The zero-order valence-electron chi connectivity index (χ0n) is 37.4. The number of carboxylic acids is 2. The maximum Gasteiger partial charge on any atom is 0.326 e. The highest BCUT2D eigenvalue weighted by Gasteiger charge is 2.41. The highest BCUT2D eigenvalue weighted by Crippen LogP contribution is 2.22. The van der Waals surface area contributed by atoms with Crippen LogP contribution in [0.1, 0.15) is 70.2 Å². The fourth-order valence-electron chi connectivity index (χ4n) is 7.95. The van der Waals surface area contributed by atoms with E-state index >= 15 is 0 Å². The van der Waals surface area contributed by atoms with Crippen molar-refractivity contribution in [3.05, 3.63) is 90.1 Å². The normalized spacial score (nSPS) is 16.4. The van der Waals surface area contributed by atoms with Crippen molar-refractivity contribution in [1.82, 2.24) is 46.4 Å². The van der Waals surface area contributed by atoms with Gasteiger partial charge in [-0.2, -0.15) is 0 Å². The predicted molar refractivity (Wildman–Crippen MR) is 241 cm³/mol. The number of carbonyl (C=O) groups excluding carboxylic acids is 6. The van der Waals surface area contributed by atoms with Crippen LogP contribution in [0, 0.1) is 11.8 Å². The zero-order valence-corrected chi connectivity index (χ0v) is 37.4. The number of imidazole rings is 1. The van der Waals surface area contributed by atoms with E-state index in [-0.39, 0.29) is 44.6 Å². The van der Waals surface area contributed by atoms with E-state index in [0.717, 1.165) is 16.5 Å². The van der Waals surface area contributed by atoms with Crippen molar-refractivity contribution in [2.75, 3.05) is 6.54 Å². The van der Waals surface area contributed by atoms with Crippen LogP contribution in [0.4, 0.5) is 0 Å². The zero-order chi connectivity index (χ0) is 48.1. The highest BCUT2D eigenvalue weighted by atomic mass is 16.4. The standard InChI is InChI=1S/C46H60N10O10/c1-25(2)17-33(43(62)55-39(26(3)4)46(65)66)53-44(63)37-15-10-16-56(37)45(64)36(18-27-11-6-5-7-12-27)54-42(61)35(21-38(57)58)52-41(60)34(20-29-23-48-24-50-29)51-40(59)31(47)19-28-22-49-32-14-9-8-13-30(28)32/h5-9,11-14,22-26,31,33-37,39,49H,10,15-21,47H2,1-4H3,(H,48,50)(H,51,59)(H,52,60)(H,53,63)(H,54,61)(H,55,62)(H,57,58)(H,65,66). The molecule has 0 saturated carbocycles. The molecule has 0 bridgehead atoms. The molecule has 354 valence electrons. The van der Waals surface area contributed by atoms with Gasteiger partial charge in [0.25, 0.3) is 0 Å². The third kappa shape index (κ3) is 13.7. The number of hydrogen-bond donors (Lipinski definition) is 10. The number of hydrogen-bond acceptors (Lipinski definition) is 10. The van der Waals surface area contributed by atoms with Crippen molar-refractivity contribution in [2.24, 2.45) is 17.6 Å². The van der Waals surface area contributed by atoms with Crippen LogP contribution in [0.5, 0.6) is 0 Å². The monoisotopic (exact) mass is 912 g/mol. The summed E-state index contributed by atoms with van der Waals surface area (Å²) in [5.74, 6) is -7.83. The van der Waals surface area contributed by atoms with Crippen LogP contribution >= 0.6 is 0 Å². The van der Waals surface area contributed by atoms with E-state index in [0.29, 0.717) is 17.7 Å². The summed E-state index contributed by atoms with van der Waals surface area (Å²) < 4.78 is 0. The molecule has 2 aromatic heterocycles. The van der Waals surface area contributed by atoms with Crippen LogP contribution in [0.2, 0.25) is 0 Å². The van der Waals surface area contributed by atoms with Gasteiger partial charge in [-0.25, -0.2) is 9.78 Å². The number of aliphatic carboxylic acids is 2. The Morgan fingerprint density at radius 3 is 2.06 bits per heavy atom. The summed E-state index contributed by atoms with van der Waals surface area (Å²) in [5.41, 5.74) is 9.02. The first kappa shape index (κ1) is 49.9. The van der Waals surface area contributed by atoms with Gasteiger partial charge >= 0.3 is 11.9 Å². The van der Waals surface area contributed by atoms with E-state index < -0.39 is 102 Å². The molecule has 5 rings (SSSR count). The molecule has 11 N–H and O–H groups in total. The SMILES string of the molecule is CC(C)CC(NC(=O)C1CCCN1C(=O)C(Cc1ccccc1)NC(=O)C(CC(=O)O)NC(=O)C(Cc1cnc[nH]1)NC(=O)C(N)Cc1c[nH]c2ccccc12)C(=O)NC(C(=O)O)C(C)C. The van der Waals surface area contributed by atoms with Crippen molar-refractivity contribution in [3.63, 3.8) is 0 Å². The molecular weight excluding hydrogens is 853 g/mol. The number of benzene rings is 2. The van der Waals surface area contributed by atoms with Crippen LogP contribution in [0.25, 0.3) is 10.9 Å². The number of aromatic amines is 2. The lowest BCUT2D eigenvalue weighted by Gasteiger charge is -2.31. The molecular formula is C46H60N10O10. The lowest BCUT2D eigenvalue weighted by atomic mass is 10.00. The fraction of sp³-hybridized carbons (Fsp3) is 0.457. The highest BCUT2D eigenvalue weighted by molar-refractivity contribution is 5.98. The van der Waals surface area contributed by atoms with E-state index in [1.165, 1.54) is 17.4 Å². The summed E-state index contributed by atoms with van der Waals surface area (Å²) in [5, 5.41) is 33.5. The maximum atomic E-state index is 14.5. The molecule has 1 aliphatic rings. The summed E-state index contributed by atoms with van der Waals surface area (Å²) >= 11 is 0. The van der Waals surface area contributed by atoms with Gasteiger partial charge in [-0.15, -0.1) is 0 Å². The Balaban J connectivity index is 1.34. The molecule has 3 heterocycles. The van der Waals surface area contributed by atoms with Crippen LogP contribution < -0.4 is 32.3 Å². The van der Waals surface area contributed by atoms with Gasteiger partial charge in [-0.3, -0.25) is 33.6 Å². The first-order valence-electron chi connectivity index (χ1n) is 22.0. The Morgan fingerprint density at radius 1 is 0.758 bits per heavy atom. The second-order valence-electron chi connectivity index (χ2n) is 17.4. The first-order valence-corrected chi connectivity index (χ1v) is 22.0. The number of nitrogens with zero attached hydrogens (tertiary/aromatic N) is 2. The lowest BCUT2D eigenvalue weighted by molar-refractivity contribution is -0.145. The largest absolute Gasteiger partial charge is 0.481 e. The minimum Gasteiger partial charge on any atom is -0.481 e. The number of rotatable bonds is 23. The number of amides is 6. The molecule has 66 heavy (non-hydrogen) atoms. The number of nitrogens with two attached hydrogens (primary N) is 1.